The molecule has 1 amide bonds. The van der Waals surface area contributed by atoms with Gasteiger partial charge in [0.05, 0.1) is 18.4 Å². The Labute approximate surface area is 158 Å². The van der Waals surface area contributed by atoms with Crippen molar-refractivity contribution in [2.24, 2.45) is 0 Å². The van der Waals surface area contributed by atoms with Gasteiger partial charge in [-0.25, -0.2) is 0 Å². The molecule has 0 saturated carbocycles. The van der Waals surface area contributed by atoms with E-state index in [1.807, 2.05) is 57.2 Å². The highest BCUT2D eigenvalue weighted by atomic mass is 16.5. The Hall–Kier alpha value is -3.28. The van der Waals surface area contributed by atoms with Gasteiger partial charge in [-0.1, -0.05) is 17.3 Å². The maximum atomic E-state index is 12.5. The van der Waals surface area contributed by atoms with Crippen LogP contribution in [0.25, 0.3) is 11.3 Å². The number of amides is 1. The van der Waals surface area contributed by atoms with Crippen LogP contribution < -0.4 is 14.8 Å². The number of benzene rings is 2. The third-order valence-electron chi connectivity index (χ3n) is 3.69. The molecular formula is C21H22N2O4. The molecule has 0 radical (unpaired) electrons. The SMILES string of the molecule is CCOc1ccccc1NC(=O)c1cc(-c2ccc(OC(C)C)cc2)on1. The van der Waals surface area contributed by atoms with Gasteiger partial charge in [-0.05, 0) is 57.2 Å². The molecule has 140 valence electrons. The molecule has 0 aliphatic heterocycles. The minimum atomic E-state index is -0.364. The quantitative estimate of drug-likeness (QED) is 0.651. The molecule has 0 unspecified atom stereocenters. The monoisotopic (exact) mass is 366 g/mol. The molecule has 6 nitrogen and oxygen atoms in total. The van der Waals surface area contributed by atoms with E-state index in [4.69, 9.17) is 14.0 Å². The van der Waals surface area contributed by atoms with E-state index in [1.165, 1.54) is 0 Å². The van der Waals surface area contributed by atoms with E-state index in [-0.39, 0.29) is 17.7 Å². The van der Waals surface area contributed by atoms with Crippen LogP contribution >= 0.6 is 0 Å². The lowest BCUT2D eigenvalue weighted by Gasteiger charge is -2.10. The standard InChI is InChI=1S/C21H22N2O4/c1-4-25-19-8-6-5-7-17(19)22-21(24)18-13-20(27-23-18)15-9-11-16(12-10-15)26-14(2)3/h5-14H,4H2,1-3H3,(H,22,24). The topological polar surface area (TPSA) is 73.6 Å². The molecule has 0 aliphatic carbocycles. The first kappa shape index (κ1) is 18.5. The molecule has 0 bridgehead atoms. The lowest BCUT2D eigenvalue weighted by atomic mass is 10.1. The van der Waals surface area contributed by atoms with Crippen molar-refractivity contribution in [1.29, 1.82) is 0 Å². The summed E-state index contributed by atoms with van der Waals surface area (Å²) >= 11 is 0. The van der Waals surface area contributed by atoms with Crippen molar-refractivity contribution in [2.75, 3.05) is 11.9 Å². The zero-order valence-corrected chi connectivity index (χ0v) is 15.6. The molecular weight excluding hydrogens is 344 g/mol. The van der Waals surface area contributed by atoms with Crippen LogP contribution in [-0.4, -0.2) is 23.8 Å². The molecule has 0 spiro atoms. The Morgan fingerprint density at radius 3 is 2.59 bits per heavy atom. The average molecular weight is 366 g/mol. The molecule has 2 aromatic carbocycles. The number of rotatable bonds is 7. The van der Waals surface area contributed by atoms with Crippen LogP contribution in [0.3, 0.4) is 0 Å². The predicted molar refractivity (Wildman–Crippen MR) is 103 cm³/mol. The van der Waals surface area contributed by atoms with E-state index in [2.05, 4.69) is 10.5 Å². The van der Waals surface area contributed by atoms with Gasteiger partial charge in [0.1, 0.15) is 11.5 Å². The van der Waals surface area contributed by atoms with Gasteiger partial charge in [0.2, 0.25) is 0 Å². The molecule has 0 aliphatic rings. The van der Waals surface area contributed by atoms with E-state index >= 15 is 0 Å². The second-order valence-corrected chi connectivity index (χ2v) is 6.15. The third-order valence-corrected chi connectivity index (χ3v) is 3.69. The van der Waals surface area contributed by atoms with Gasteiger partial charge in [0.15, 0.2) is 11.5 Å². The summed E-state index contributed by atoms with van der Waals surface area (Å²) in [6.45, 7) is 6.34. The zero-order chi connectivity index (χ0) is 19.2. The molecule has 27 heavy (non-hydrogen) atoms. The number of anilines is 1. The number of nitrogens with zero attached hydrogens (tertiary/aromatic N) is 1. The van der Waals surface area contributed by atoms with Crippen molar-refractivity contribution in [3.8, 4) is 22.8 Å². The number of para-hydroxylation sites is 2. The molecule has 6 heteroatoms. The number of nitrogens with one attached hydrogen (secondary N) is 1. The number of carbonyl (C=O) groups excluding carboxylic acids is 1. The second-order valence-electron chi connectivity index (χ2n) is 6.15. The first-order chi connectivity index (χ1) is 13.1. The second kappa shape index (κ2) is 8.40. The largest absolute Gasteiger partial charge is 0.492 e. The minimum absolute atomic E-state index is 0.107. The van der Waals surface area contributed by atoms with Crippen molar-refractivity contribution in [3.63, 3.8) is 0 Å². The number of carbonyl (C=O) groups is 1. The smallest absolute Gasteiger partial charge is 0.277 e. The highest BCUT2D eigenvalue weighted by Crippen LogP contribution is 2.26. The van der Waals surface area contributed by atoms with Crippen molar-refractivity contribution >= 4 is 11.6 Å². The lowest BCUT2D eigenvalue weighted by Crippen LogP contribution is -2.13. The van der Waals surface area contributed by atoms with Gasteiger partial charge in [0, 0.05) is 11.6 Å². The molecule has 1 aromatic heterocycles. The molecule has 1 heterocycles. The van der Waals surface area contributed by atoms with Crippen molar-refractivity contribution in [1.82, 2.24) is 5.16 Å². The third kappa shape index (κ3) is 4.67. The van der Waals surface area contributed by atoms with Crippen LogP contribution in [0.4, 0.5) is 5.69 Å². The number of hydrogen-bond acceptors (Lipinski definition) is 5. The molecule has 3 rings (SSSR count). The molecule has 3 aromatic rings. The number of hydrogen-bond donors (Lipinski definition) is 1. The Bertz CT molecular complexity index is 901. The Balaban J connectivity index is 1.73. The maximum absolute atomic E-state index is 12.5. The number of ether oxygens (including phenoxy) is 2. The average Bonchev–Trinajstić information content (AvgIpc) is 3.14. The van der Waals surface area contributed by atoms with E-state index < -0.39 is 0 Å². The van der Waals surface area contributed by atoms with Crippen LogP contribution in [0.1, 0.15) is 31.3 Å². The fraction of sp³-hybridized carbons (Fsp3) is 0.238. The summed E-state index contributed by atoms with van der Waals surface area (Å²) in [5.41, 5.74) is 1.59. The zero-order valence-electron chi connectivity index (χ0n) is 15.6. The molecule has 1 N–H and O–H groups in total. The molecule has 0 atom stereocenters. The summed E-state index contributed by atoms with van der Waals surface area (Å²) in [5, 5.41) is 6.68. The minimum Gasteiger partial charge on any atom is -0.492 e. The van der Waals surface area contributed by atoms with Crippen LogP contribution in [0.5, 0.6) is 11.5 Å². The van der Waals surface area contributed by atoms with Gasteiger partial charge in [0.25, 0.3) is 5.91 Å². The van der Waals surface area contributed by atoms with Crippen LogP contribution in [0.2, 0.25) is 0 Å². The summed E-state index contributed by atoms with van der Waals surface area (Å²) in [6, 6.07) is 16.3. The van der Waals surface area contributed by atoms with Crippen molar-refractivity contribution < 1.29 is 18.8 Å². The Morgan fingerprint density at radius 1 is 1.15 bits per heavy atom. The lowest BCUT2D eigenvalue weighted by molar-refractivity contribution is 0.101. The fourth-order valence-electron chi connectivity index (χ4n) is 2.53. The highest BCUT2D eigenvalue weighted by molar-refractivity contribution is 6.04. The highest BCUT2D eigenvalue weighted by Gasteiger charge is 2.15. The molecule has 0 fully saturated rings. The molecule has 0 saturated heterocycles. The summed E-state index contributed by atoms with van der Waals surface area (Å²) in [5.74, 6) is 1.53. The van der Waals surface area contributed by atoms with Gasteiger partial charge in [-0.3, -0.25) is 4.79 Å². The van der Waals surface area contributed by atoms with Crippen LogP contribution in [-0.2, 0) is 0 Å². The first-order valence-corrected chi connectivity index (χ1v) is 8.83. The summed E-state index contributed by atoms with van der Waals surface area (Å²) in [4.78, 5) is 12.5. The predicted octanol–water partition coefficient (Wildman–Crippen LogP) is 4.78. The summed E-state index contributed by atoms with van der Waals surface area (Å²) < 4.78 is 16.5. The van der Waals surface area contributed by atoms with Gasteiger partial charge in [-0.15, -0.1) is 0 Å². The maximum Gasteiger partial charge on any atom is 0.277 e. The Morgan fingerprint density at radius 2 is 1.89 bits per heavy atom. The van der Waals surface area contributed by atoms with Crippen molar-refractivity contribution in [2.45, 2.75) is 26.9 Å². The van der Waals surface area contributed by atoms with Crippen LogP contribution in [0, 0.1) is 0 Å². The van der Waals surface area contributed by atoms with E-state index in [0.29, 0.717) is 23.8 Å². The van der Waals surface area contributed by atoms with Crippen LogP contribution in [0.15, 0.2) is 59.1 Å². The fourth-order valence-corrected chi connectivity index (χ4v) is 2.53. The van der Waals surface area contributed by atoms with Crippen molar-refractivity contribution in [3.05, 3.63) is 60.3 Å². The summed E-state index contributed by atoms with van der Waals surface area (Å²) in [6.07, 6.45) is 0.107. The Kier molecular flexibility index (Phi) is 5.76. The van der Waals surface area contributed by atoms with Gasteiger partial charge < -0.3 is 19.3 Å². The summed E-state index contributed by atoms with van der Waals surface area (Å²) in [7, 11) is 0. The van der Waals surface area contributed by atoms with E-state index in [9.17, 15) is 4.79 Å². The first-order valence-electron chi connectivity index (χ1n) is 8.83. The van der Waals surface area contributed by atoms with E-state index in [1.54, 1.807) is 18.2 Å². The number of aromatic nitrogens is 1. The van der Waals surface area contributed by atoms with Gasteiger partial charge in [-0.2, -0.15) is 0 Å². The van der Waals surface area contributed by atoms with Gasteiger partial charge >= 0.3 is 0 Å². The normalized spacial score (nSPS) is 10.7. The van der Waals surface area contributed by atoms with E-state index in [0.717, 1.165) is 11.3 Å².